The molecule has 0 aliphatic rings. The molecule has 9 heavy (non-hydrogen) atoms. The van der Waals surface area contributed by atoms with Crippen LogP contribution in [-0.4, -0.2) is 18.5 Å². The molecule has 0 N–H and O–H groups in total. The lowest BCUT2D eigenvalue weighted by atomic mass is 10.0. The molecule has 0 aromatic heterocycles. The number of rotatable bonds is 2. The van der Waals surface area contributed by atoms with E-state index in [0.717, 1.165) is 5.71 Å². The monoisotopic (exact) mass is 127 g/mol. The zero-order valence-electron chi connectivity index (χ0n) is 6.43. The summed E-state index contributed by atoms with van der Waals surface area (Å²) in [7, 11) is 1.70. The first kappa shape index (κ1) is 8.34. The fourth-order valence-electron chi connectivity index (χ4n) is 0.488. The average Bonchev–Trinajstić information content (AvgIpc) is 1.84. The Kier molecular flexibility index (Phi) is 3.13. The first-order valence-corrected chi connectivity index (χ1v) is 3.03. The van der Waals surface area contributed by atoms with Gasteiger partial charge in [-0.05, 0) is 13.8 Å². The predicted molar refractivity (Wildman–Crippen MR) is 38.9 cm³/mol. The quantitative estimate of drug-likeness (QED) is 0.514. The summed E-state index contributed by atoms with van der Waals surface area (Å²) in [6, 6.07) is 0. The Bertz CT molecular complexity index is 138. The second-order valence-corrected chi connectivity index (χ2v) is 2.20. The van der Waals surface area contributed by atoms with E-state index in [-0.39, 0.29) is 11.7 Å². The Labute approximate surface area is 56.0 Å². The molecular weight excluding hydrogens is 114 g/mol. The number of Topliss-reactive ketones (excluding diaryl/α,β-unsaturated/α-hetero) is 1. The van der Waals surface area contributed by atoms with Crippen molar-refractivity contribution in [1.82, 2.24) is 0 Å². The van der Waals surface area contributed by atoms with Gasteiger partial charge < -0.3 is 0 Å². The Hall–Kier alpha value is -0.660. The standard InChI is InChI=1S/C7H13NO/c1-5(7(3)9)6(2)8-4/h5H,1-4H3/b8-6+. The summed E-state index contributed by atoms with van der Waals surface area (Å²) >= 11 is 0. The van der Waals surface area contributed by atoms with Crippen LogP contribution >= 0.6 is 0 Å². The van der Waals surface area contributed by atoms with Gasteiger partial charge in [0, 0.05) is 12.8 Å². The number of hydrogen-bond donors (Lipinski definition) is 0. The Morgan fingerprint density at radius 1 is 1.44 bits per heavy atom. The second kappa shape index (κ2) is 3.38. The minimum Gasteiger partial charge on any atom is -0.299 e. The number of hydrogen-bond acceptors (Lipinski definition) is 2. The fraction of sp³-hybridized carbons (Fsp3) is 0.714. The second-order valence-electron chi connectivity index (χ2n) is 2.20. The topological polar surface area (TPSA) is 29.4 Å². The number of carbonyl (C=O) groups is 1. The maximum Gasteiger partial charge on any atom is 0.138 e. The molecule has 1 unspecified atom stereocenters. The van der Waals surface area contributed by atoms with Crippen molar-refractivity contribution >= 4 is 11.5 Å². The van der Waals surface area contributed by atoms with Crippen LogP contribution in [0.2, 0.25) is 0 Å². The largest absolute Gasteiger partial charge is 0.299 e. The van der Waals surface area contributed by atoms with E-state index in [1.165, 1.54) is 0 Å². The molecule has 1 atom stereocenters. The molecule has 0 amide bonds. The molecular formula is C7H13NO. The summed E-state index contributed by atoms with van der Waals surface area (Å²) in [6.07, 6.45) is 0. The Morgan fingerprint density at radius 3 is 2.00 bits per heavy atom. The number of aliphatic imine (C=N–C) groups is 1. The van der Waals surface area contributed by atoms with Crippen LogP contribution in [0.15, 0.2) is 4.99 Å². The lowest BCUT2D eigenvalue weighted by molar-refractivity contribution is -0.118. The van der Waals surface area contributed by atoms with Crippen LogP contribution in [0.3, 0.4) is 0 Å². The first-order chi connectivity index (χ1) is 4.09. The molecule has 52 valence electrons. The van der Waals surface area contributed by atoms with Gasteiger partial charge in [-0.2, -0.15) is 0 Å². The fourth-order valence-corrected chi connectivity index (χ4v) is 0.488. The summed E-state index contributed by atoms with van der Waals surface area (Å²) in [4.78, 5) is 14.6. The minimum absolute atomic E-state index is 0.00463. The zero-order chi connectivity index (χ0) is 7.44. The van der Waals surface area contributed by atoms with Crippen molar-refractivity contribution in [1.29, 1.82) is 0 Å². The molecule has 0 heterocycles. The smallest absolute Gasteiger partial charge is 0.138 e. The molecule has 0 bridgehead atoms. The van der Waals surface area contributed by atoms with E-state index in [1.54, 1.807) is 14.0 Å². The molecule has 2 nitrogen and oxygen atoms in total. The Morgan fingerprint density at radius 2 is 1.89 bits per heavy atom. The van der Waals surface area contributed by atoms with Crippen molar-refractivity contribution < 1.29 is 4.79 Å². The first-order valence-electron chi connectivity index (χ1n) is 3.03. The van der Waals surface area contributed by atoms with E-state index in [0.29, 0.717) is 0 Å². The van der Waals surface area contributed by atoms with E-state index in [4.69, 9.17) is 0 Å². The highest BCUT2D eigenvalue weighted by Crippen LogP contribution is 1.98. The molecule has 0 aromatic carbocycles. The molecule has 0 rings (SSSR count). The third kappa shape index (κ3) is 2.40. The van der Waals surface area contributed by atoms with E-state index >= 15 is 0 Å². The van der Waals surface area contributed by atoms with Crippen LogP contribution in [0, 0.1) is 5.92 Å². The predicted octanol–water partition coefficient (Wildman–Crippen LogP) is 1.30. The molecule has 0 aliphatic carbocycles. The number of carbonyl (C=O) groups excluding carboxylic acids is 1. The summed E-state index contributed by atoms with van der Waals surface area (Å²) in [5.41, 5.74) is 0.905. The van der Waals surface area contributed by atoms with Gasteiger partial charge in [-0.25, -0.2) is 0 Å². The summed E-state index contributed by atoms with van der Waals surface area (Å²) in [5.74, 6) is 0.174. The van der Waals surface area contributed by atoms with Gasteiger partial charge in [0.15, 0.2) is 0 Å². The molecule has 0 aromatic rings. The SMILES string of the molecule is C/N=C(\C)C(C)C(C)=O. The summed E-state index contributed by atoms with van der Waals surface area (Å²) < 4.78 is 0. The van der Waals surface area contributed by atoms with Crippen LogP contribution in [0.25, 0.3) is 0 Å². The molecule has 0 saturated carbocycles. The lowest BCUT2D eigenvalue weighted by Crippen LogP contribution is -2.15. The van der Waals surface area contributed by atoms with Crippen molar-refractivity contribution in [2.24, 2.45) is 10.9 Å². The van der Waals surface area contributed by atoms with Crippen LogP contribution in [0.4, 0.5) is 0 Å². The van der Waals surface area contributed by atoms with Gasteiger partial charge in [-0.3, -0.25) is 9.79 Å². The van der Waals surface area contributed by atoms with Crippen molar-refractivity contribution in [2.45, 2.75) is 20.8 Å². The zero-order valence-corrected chi connectivity index (χ0v) is 6.43. The van der Waals surface area contributed by atoms with Gasteiger partial charge >= 0.3 is 0 Å². The molecule has 2 heteroatoms. The van der Waals surface area contributed by atoms with Gasteiger partial charge in [0.1, 0.15) is 5.78 Å². The van der Waals surface area contributed by atoms with E-state index < -0.39 is 0 Å². The lowest BCUT2D eigenvalue weighted by Gasteiger charge is -2.03. The van der Waals surface area contributed by atoms with E-state index in [2.05, 4.69) is 4.99 Å². The molecule has 0 fully saturated rings. The molecule has 0 spiro atoms. The number of nitrogens with zero attached hydrogens (tertiary/aromatic N) is 1. The van der Waals surface area contributed by atoms with Gasteiger partial charge in [-0.1, -0.05) is 6.92 Å². The van der Waals surface area contributed by atoms with Crippen LogP contribution in [0.1, 0.15) is 20.8 Å². The van der Waals surface area contributed by atoms with Gasteiger partial charge in [0.25, 0.3) is 0 Å². The highest BCUT2D eigenvalue weighted by molar-refractivity contribution is 6.02. The third-order valence-electron chi connectivity index (χ3n) is 1.59. The summed E-state index contributed by atoms with van der Waals surface area (Å²) in [5, 5.41) is 0. The van der Waals surface area contributed by atoms with Crippen molar-refractivity contribution in [3.63, 3.8) is 0 Å². The molecule has 0 aliphatic heterocycles. The third-order valence-corrected chi connectivity index (χ3v) is 1.59. The van der Waals surface area contributed by atoms with E-state index in [9.17, 15) is 4.79 Å². The molecule has 0 saturated heterocycles. The maximum atomic E-state index is 10.7. The van der Waals surface area contributed by atoms with Gasteiger partial charge in [0.2, 0.25) is 0 Å². The highest BCUT2D eigenvalue weighted by Gasteiger charge is 2.08. The highest BCUT2D eigenvalue weighted by atomic mass is 16.1. The normalized spacial score (nSPS) is 15.3. The minimum atomic E-state index is -0.00463. The molecule has 0 radical (unpaired) electrons. The summed E-state index contributed by atoms with van der Waals surface area (Å²) in [6.45, 7) is 5.32. The van der Waals surface area contributed by atoms with Crippen molar-refractivity contribution in [3.05, 3.63) is 0 Å². The van der Waals surface area contributed by atoms with Crippen LogP contribution in [0.5, 0.6) is 0 Å². The Balaban J connectivity index is 4.04. The number of ketones is 1. The van der Waals surface area contributed by atoms with Gasteiger partial charge in [-0.15, -0.1) is 0 Å². The van der Waals surface area contributed by atoms with Crippen molar-refractivity contribution in [3.8, 4) is 0 Å². The maximum absolute atomic E-state index is 10.7. The van der Waals surface area contributed by atoms with Crippen LogP contribution in [-0.2, 0) is 4.79 Å². The van der Waals surface area contributed by atoms with Crippen LogP contribution < -0.4 is 0 Å². The average molecular weight is 127 g/mol. The van der Waals surface area contributed by atoms with Gasteiger partial charge in [0.05, 0.1) is 5.92 Å². The van der Waals surface area contributed by atoms with E-state index in [1.807, 2.05) is 13.8 Å². The van der Waals surface area contributed by atoms with Crippen molar-refractivity contribution in [2.75, 3.05) is 7.05 Å².